The molecule has 0 aliphatic heterocycles. The third-order valence-electron chi connectivity index (χ3n) is 8.79. The van der Waals surface area contributed by atoms with E-state index in [9.17, 15) is 9.18 Å². The molecule has 0 unspecified atom stereocenters. The average Bonchev–Trinajstić information content (AvgIpc) is 2.80. The van der Waals surface area contributed by atoms with Gasteiger partial charge in [0.25, 0.3) is 0 Å². The molecule has 4 rings (SSSR count). The molecule has 3 aliphatic rings. The van der Waals surface area contributed by atoms with Gasteiger partial charge in [-0.2, -0.15) is 0 Å². The molecule has 0 radical (unpaired) electrons. The highest BCUT2D eigenvalue weighted by molar-refractivity contribution is 5.89. The molecule has 0 bridgehead atoms. The van der Waals surface area contributed by atoms with Crippen molar-refractivity contribution in [1.82, 2.24) is 0 Å². The molecular weight excluding hydrogens is 387 g/mol. The van der Waals surface area contributed by atoms with Gasteiger partial charge in [0.05, 0.1) is 5.56 Å². The zero-order valence-corrected chi connectivity index (χ0v) is 19.4. The van der Waals surface area contributed by atoms with Crippen LogP contribution in [0.2, 0.25) is 0 Å². The van der Waals surface area contributed by atoms with Crippen molar-refractivity contribution in [2.24, 2.45) is 29.6 Å². The third kappa shape index (κ3) is 6.11. The van der Waals surface area contributed by atoms with Crippen molar-refractivity contribution < 1.29 is 13.9 Å². The zero-order chi connectivity index (χ0) is 21.6. The van der Waals surface area contributed by atoms with E-state index in [2.05, 4.69) is 6.92 Å². The standard InChI is InChI=1S/C28H41FO2/c1-2-4-20-7-9-21(10-8-20)22-11-13-23(14-12-22)24-15-17-27(18-16-24)31-28(30)25-5-3-6-26(29)19-25/h3,5-6,19-24,27H,2,4,7-18H2,1H3/t20-,21-,22-,23-,24-,27-. The Kier molecular flexibility index (Phi) is 8.07. The number of benzene rings is 1. The summed E-state index contributed by atoms with van der Waals surface area (Å²) in [5.74, 6) is 3.94. The zero-order valence-electron chi connectivity index (χ0n) is 19.4. The van der Waals surface area contributed by atoms with E-state index in [1.165, 1.54) is 89.2 Å². The van der Waals surface area contributed by atoms with E-state index in [1.807, 2.05) is 0 Å². The molecule has 31 heavy (non-hydrogen) atoms. The summed E-state index contributed by atoms with van der Waals surface area (Å²) in [7, 11) is 0. The van der Waals surface area contributed by atoms with Crippen molar-refractivity contribution in [3.05, 3.63) is 35.6 Å². The van der Waals surface area contributed by atoms with Crippen molar-refractivity contribution >= 4 is 5.97 Å². The molecular formula is C28H41FO2. The second kappa shape index (κ2) is 11.0. The number of ether oxygens (including phenoxy) is 1. The van der Waals surface area contributed by atoms with E-state index < -0.39 is 0 Å². The van der Waals surface area contributed by atoms with Crippen LogP contribution in [0.1, 0.15) is 107 Å². The van der Waals surface area contributed by atoms with Gasteiger partial charge in [-0.25, -0.2) is 9.18 Å². The summed E-state index contributed by atoms with van der Waals surface area (Å²) < 4.78 is 19.0. The Balaban J connectivity index is 1.16. The van der Waals surface area contributed by atoms with E-state index in [4.69, 9.17) is 4.74 Å². The largest absolute Gasteiger partial charge is 0.459 e. The number of hydrogen-bond acceptors (Lipinski definition) is 2. The first-order valence-corrected chi connectivity index (χ1v) is 13.1. The van der Waals surface area contributed by atoms with Crippen LogP contribution < -0.4 is 0 Å². The van der Waals surface area contributed by atoms with E-state index >= 15 is 0 Å². The normalized spacial score (nSPS) is 34.3. The Bertz CT molecular complexity index is 693. The van der Waals surface area contributed by atoms with Gasteiger partial charge in [-0.15, -0.1) is 0 Å². The van der Waals surface area contributed by atoms with E-state index in [1.54, 1.807) is 12.1 Å². The van der Waals surface area contributed by atoms with Gasteiger partial charge < -0.3 is 4.74 Å². The summed E-state index contributed by atoms with van der Waals surface area (Å²) in [6.07, 6.45) is 18.8. The fourth-order valence-corrected chi connectivity index (χ4v) is 6.96. The molecule has 0 N–H and O–H groups in total. The van der Waals surface area contributed by atoms with Gasteiger partial charge >= 0.3 is 5.97 Å². The Morgan fingerprint density at radius 2 is 1.35 bits per heavy atom. The van der Waals surface area contributed by atoms with Gasteiger partial charge in [0.2, 0.25) is 0 Å². The topological polar surface area (TPSA) is 26.3 Å². The number of carbonyl (C=O) groups is 1. The Labute approximate surface area is 188 Å². The lowest BCUT2D eigenvalue weighted by atomic mass is 9.65. The highest BCUT2D eigenvalue weighted by Crippen LogP contribution is 2.46. The highest BCUT2D eigenvalue weighted by Gasteiger charge is 2.35. The summed E-state index contributed by atoms with van der Waals surface area (Å²) in [6.45, 7) is 2.33. The lowest BCUT2D eigenvalue weighted by molar-refractivity contribution is 0.00993. The van der Waals surface area contributed by atoms with Crippen LogP contribution in [0.4, 0.5) is 4.39 Å². The minimum Gasteiger partial charge on any atom is -0.459 e. The summed E-state index contributed by atoms with van der Waals surface area (Å²) in [6, 6.07) is 5.82. The van der Waals surface area contributed by atoms with Crippen molar-refractivity contribution in [3.8, 4) is 0 Å². The lowest BCUT2D eigenvalue weighted by Crippen LogP contribution is -2.31. The molecule has 3 saturated carbocycles. The third-order valence-corrected chi connectivity index (χ3v) is 8.79. The highest BCUT2D eigenvalue weighted by atomic mass is 19.1. The van der Waals surface area contributed by atoms with Gasteiger partial charge in [0.15, 0.2) is 0 Å². The molecule has 3 aliphatic carbocycles. The molecule has 3 heteroatoms. The molecule has 2 nitrogen and oxygen atoms in total. The first-order valence-electron chi connectivity index (χ1n) is 13.1. The molecule has 172 valence electrons. The van der Waals surface area contributed by atoms with Crippen molar-refractivity contribution in [1.29, 1.82) is 0 Å². The van der Waals surface area contributed by atoms with E-state index in [0.717, 1.165) is 42.4 Å². The van der Waals surface area contributed by atoms with Gasteiger partial charge in [-0.1, -0.05) is 38.7 Å². The van der Waals surface area contributed by atoms with E-state index in [0.29, 0.717) is 5.56 Å². The van der Waals surface area contributed by atoms with Crippen molar-refractivity contribution in [3.63, 3.8) is 0 Å². The number of rotatable bonds is 6. The second-order valence-corrected chi connectivity index (χ2v) is 10.7. The smallest absolute Gasteiger partial charge is 0.338 e. The number of hydrogen-bond donors (Lipinski definition) is 0. The Hall–Kier alpha value is -1.38. The summed E-state index contributed by atoms with van der Waals surface area (Å²) in [5, 5.41) is 0. The van der Waals surface area contributed by atoms with Crippen LogP contribution in [0.5, 0.6) is 0 Å². The Morgan fingerprint density at radius 3 is 1.87 bits per heavy atom. The van der Waals surface area contributed by atoms with Crippen LogP contribution in [-0.4, -0.2) is 12.1 Å². The predicted octanol–water partition coefficient (Wildman–Crippen LogP) is 7.95. The van der Waals surface area contributed by atoms with Crippen molar-refractivity contribution in [2.45, 2.75) is 103 Å². The summed E-state index contributed by atoms with van der Waals surface area (Å²) in [5.41, 5.74) is 0.323. The van der Waals surface area contributed by atoms with Crippen LogP contribution >= 0.6 is 0 Å². The molecule has 0 spiro atoms. The molecule has 1 aromatic carbocycles. The fourth-order valence-electron chi connectivity index (χ4n) is 6.96. The monoisotopic (exact) mass is 428 g/mol. The van der Waals surface area contributed by atoms with Crippen LogP contribution in [0.3, 0.4) is 0 Å². The van der Waals surface area contributed by atoms with Crippen LogP contribution in [0.15, 0.2) is 24.3 Å². The molecule has 0 atom stereocenters. The second-order valence-electron chi connectivity index (χ2n) is 10.7. The first kappa shape index (κ1) is 22.8. The van der Waals surface area contributed by atoms with Gasteiger partial charge in [-0.05, 0) is 112 Å². The maximum atomic E-state index is 13.4. The van der Waals surface area contributed by atoms with Gasteiger partial charge in [0.1, 0.15) is 11.9 Å². The SMILES string of the molecule is CCC[C@H]1CC[C@H]([C@H]2CC[C@H]([C@H]3CC[C@H](OC(=O)c4cccc(F)c4)CC3)CC2)CC1. The molecule has 3 fully saturated rings. The molecule has 0 heterocycles. The maximum Gasteiger partial charge on any atom is 0.338 e. The van der Waals surface area contributed by atoms with Crippen molar-refractivity contribution in [2.75, 3.05) is 0 Å². The Morgan fingerprint density at radius 1 is 0.839 bits per heavy atom. The number of esters is 1. The maximum absolute atomic E-state index is 13.4. The number of carbonyl (C=O) groups excluding carboxylic acids is 1. The average molecular weight is 429 g/mol. The molecule has 1 aromatic rings. The van der Waals surface area contributed by atoms with Gasteiger partial charge in [0, 0.05) is 0 Å². The fraction of sp³-hybridized carbons (Fsp3) is 0.750. The first-order chi connectivity index (χ1) is 15.1. The molecule has 0 saturated heterocycles. The van der Waals surface area contributed by atoms with Crippen LogP contribution in [0, 0.1) is 35.4 Å². The van der Waals surface area contributed by atoms with E-state index in [-0.39, 0.29) is 17.9 Å². The van der Waals surface area contributed by atoms with Crippen LogP contribution in [-0.2, 0) is 4.74 Å². The summed E-state index contributed by atoms with van der Waals surface area (Å²) >= 11 is 0. The molecule has 0 aromatic heterocycles. The minimum atomic E-state index is -0.386. The quantitative estimate of drug-likeness (QED) is 0.430. The van der Waals surface area contributed by atoms with Gasteiger partial charge in [-0.3, -0.25) is 0 Å². The molecule has 0 amide bonds. The summed E-state index contributed by atoms with van der Waals surface area (Å²) in [4.78, 5) is 12.3. The predicted molar refractivity (Wildman–Crippen MR) is 123 cm³/mol. The minimum absolute atomic E-state index is 0.00154. The van der Waals surface area contributed by atoms with Crippen LogP contribution in [0.25, 0.3) is 0 Å². The number of halogens is 1. The lowest BCUT2D eigenvalue weighted by Gasteiger charge is -2.41.